The number of hydrogen-bond acceptors (Lipinski definition) is 3. The molecule has 5 heteroatoms. The summed E-state index contributed by atoms with van der Waals surface area (Å²) in [6.45, 7) is 0.210. The Balaban J connectivity index is 2.04. The van der Waals surface area contributed by atoms with Gasteiger partial charge in [-0.2, -0.15) is 5.26 Å². The molecule has 0 amide bonds. The minimum atomic E-state index is -0.570. The SMILES string of the molecule is COc1ccc(F)cc1C(C#N)CCOc1cccc(F)c1. The molecule has 0 bridgehead atoms. The first-order valence-corrected chi connectivity index (χ1v) is 6.75. The Labute approximate surface area is 127 Å². The number of methoxy groups -OCH3 is 1. The van der Waals surface area contributed by atoms with Gasteiger partial charge < -0.3 is 9.47 Å². The maximum absolute atomic E-state index is 13.4. The van der Waals surface area contributed by atoms with Gasteiger partial charge in [0, 0.05) is 18.1 Å². The zero-order valence-corrected chi connectivity index (χ0v) is 12.1. The lowest BCUT2D eigenvalue weighted by atomic mass is 9.96. The van der Waals surface area contributed by atoms with Crippen molar-refractivity contribution in [1.82, 2.24) is 0 Å². The molecule has 0 fully saturated rings. The van der Waals surface area contributed by atoms with Gasteiger partial charge in [-0.1, -0.05) is 6.07 Å². The molecule has 114 valence electrons. The Morgan fingerprint density at radius 3 is 2.59 bits per heavy atom. The monoisotopic (exact) mass is 303 g/mol. The summed E-state index contributed by atoms with van der Waals surface area (Å²) in [6.07, 6.45) is 0.340. The van der Waals surface area contributed by atoms with Crippen molar-refractivity contribution in [1.29, 1.82) is 5.26 Å². The summed E-state index contributed by atoms with van der Waals surface area (Å²) < 4.78 is 37.0. The summed E-state index contributed by atoms with van der Waals surface area (Å²) in [5, 5.41) is 9.29. The number of nitriles is 1. The Bertz CT molecular complexity index is 683. The van der Waals surface area contributed by atoms with Crippen molar-refractivity contribution in [3.8, 4) is 17.6 Å². The van der Waals surface area contributed by atoms with E-state index in [1.807, 2.05) is 0 Å². The fraction of sp³-hybridized carbons (Fsp3) is 0.235. The minimum absolute atomic E-state index is 0.210. The molecule has 0 N–H and O–H groups in total. The highest BCUT2D eigenvalue weighted by atomic mass is 19.1. The highest BCUT2D eigenvalue weighted by molar-refractivity contribution is 5.39. The second kappa shape index (κ2) is 7.41. The summed E-state index contributed by atoms with van der Waals surface area (Å²) in [6, 6.07) is 11.9. The number of hydrogen-bond donors (Lipinski definition) is 0. The first kappa shape index (κ1) is 15.8. The Kier molecular flexibility index (Phi) is 5.31. The van der Waals surface area contributed by atoms with Crippen LogP contribution in [0.15, 0.2) is 42.5 Å². The molecule has 1 unspecified atom stereocenters. The molecule has 22 heavy (non-hydrogen) atoms. The Hall–Kier alpha value is -2.61. The smallest absolute Gasteiger partial charge is 0.126 e. The molecule has 2 aromatic rings. The van der Waals surface area contributed by atoms with E-state index in [-0.39, 0.29) is 12.4 Å². The minimum Gasteiger partial charge on any atom is -0.496 e. The van der Waals surface area contributed by atoms with E-state index in [4.69, 9.17) is 9.47 Å². The van der Waals surface area contributed by atoms with E-state index in [1.54, 1.807) is 12.1 Å². The lowest BCUT2D eigenvalue weighted by Gasteiger charge is -2.14. The lowest BCUT2D eigenvalue weighted by molar-refractivity contribution is 0.303. The van der Waals surface area contributed by atoms with Gasteiger partial charge in [-0.05, 0) is 30.3 Å². The lowest BCUT2D eigenvalue weighted by Crippen LogP contribution is -2.06. The molecule has 0 aromatic heterocycles. The fourth-order valence-electron chi connectivity index (χ4n) is 2.12. The van der Waals surface area contributed by atoms with Gasteiger partial charge in [0.2, 0.25) is 0 Å². The zero-order valence-electron chi connectivity index (χ0n) is 12.1. The van der Waals surface area contributed by atoms with Crippen LogP contribution in [0.2, 0.25) is 0 Å². The van der Waals surface area contributed by atoms with Crippen LogP contribution < -0.4 is 9.47 Å². The second-order valence-electron chi connectivity index (χ2n) is 4.66. The van der Waals surface area contributed by atoms with Crippen molar-refractivity contribution in [2.24, 2.45) is 0 Å². The maximum Gasteiger partial charge on any atom is 0.126 e. The second-order valence-corrected chi connectivity index (χ2v) is 4.66. The van der Waals surface area contributed by atoms with E-state index < -0.39 is 11.7 Å². The number of benzene rings is 2. The van der Waals surface area contributed by atoms with Gasteiger partial charge in [0.15, 0.2) is 0 Å². The van der Waals surface area contributed by atoms with Crippen LogP contribution in [0.3, 0.4) is 0 Å². The molecular formula is C17H15F2NO2. The average Bonchev–Trinajstić information content (AvgIpc) is 2.52. The Morgan fingerprint density at radius 1 is 1.14 bits per heavy atom. The molecule has 0 heterocycles. The van der Waals surface area contributed by atoms with E-state index in [2.05, 4.69) is 6.07 Å². The third kappa shape index (κ3) is 3.95. The van der Waals surface area contributed by atoms with E-state index in [0.29, 0.717) is 23.5 Å². The average molecular weight is 303 g/mol. The summed E-state index contributed by atoms with van der Waals surface area (Å²) >= 11 is 0. The van der Waals surface area contributed by atoms with Crippen LogP contribution in [-0.4, -0.2) is 13.7 Å². The van der Waals surface area contributed by atoms with Crippen molar-refractivity contribution in [3.63, 3.8) is 0 Å². The molecule has 2 aromatic carbocycles. The van der Waals surface area contributed by atoms with Crippen LogP contribution in [-0.2, 0) is 0 Å². The topological polar surface area (TPSA) is 42.2 Å². The molecule has 0 aliphatic heterocycles. The highest BCUT2D eigenvalue weighted by Gasteiger charge is 2.17. The normalized spacial score (nSPS) is 11.5. The van der Waals surface area contributed by atoms with Crippen molar-refractivity contribution >= 4 is 0 Å². The number of nitrogens with zero attached hydrogens (tertiary/aromatic N) is 1. The van der Waals surface area contributed by atoms with Crippen molar-refractivity contribution in [2.75, 3.05) is 13.7 Å². The zero-order chi connectivity index (χ0) is 15.9. The molecule has 1 atom stereocenters. The first-order valence-electron chi connectivity index (χ1n) is 6.75. The molecule has 0 saturated carbocycles. The molecule has 0 radical (unpaired) electrons. The van der Waals surface area contributed by atoms with Gasteiger partial charge in [-0.3, -0.25) is 0 Å². The maximum atomic E-state index is 13.4. The van der Waals surface area contributed by atoms with Gasteiger partial charge in [0.05, 0.1) is 25.7 Å². The number of ether oxygens (including phenoxy) is 2. The van der Waals surface area contributed by atoms with Gasteiger partial charge in [0.1, 0.15) is 23.1 Å². The standard InChI is InChI=1S/C17H15F2NO2/c1-21-17-6-5-14(19)10-16(17)12(11-20)7-8-22-15-4-2-3-13(18)9-15/h2-6,9-10,12H,7-8H2,1H3. The van der Waals surface area contributed by atoms with Crippen LogP contribution in [0.25, 0.3) is 0 Å². The van der Waals surface area contributed by atoms with Crippen LogP contribution in [0, 0.1) is 23.0 Å². The fourth-order valence-corrected chi connectivity index (χ4v) is 2.12. The summed E-state index contributed by atoms with van der Waals surface area (Å²) in [5.74, 6) is -0.538. The third-order valence-electron chi connectivity index (χ3n) is 3.19. The molecule has 0 aliphatic carbocycles. The van der Waals surface area contributed by atoms with Crippen LogP contribution >= 0.6 is 0 Å². The van der Waals surface area contributed by atoms with Crippen molar-refractivity contribution in [3.05, 3.63) is 59.7 Å². The van der Waals surface area contributed by atoms with Crippen LogP contribution in [0.5, 0.6) is 11.5 Å². The van der Waals surface area contributed by atoms with Crippen molar-refractivity contribution in [2.45, 2.75) is 12.3 Å². The molecular weight excluding hydrogens is 288 g/mol. The van der Waals surface area contributed by atoms with E-state index in [1.165, 1.54) is 37.4 Å². The summed E-state index contributed by atoms with van der Waals surface area (Å²) in [5.41, 5.74) is 0.479. The van der Waals surface area contributed by atoms with Crippen molar-refractivity contribution < 1.29 is 18.3 Å². The summed E-state index contributed by atoms with van der Waals surface area (Å²) in [7, 11) is 1.47. The summed E-state index contributed by atoms with van der Waals surface area (Å²) in [4.78, 5) is 0. The largest absolute Gasteiger partial charge is 0.496 e. The van der Waals surface area contributed by atoms with E-state index in [0.717, 1.165) is 0 Å². The number of rotatable bonds is 6. The number of halogens is 2. The quantitative estimate of drug-likeness (QED) is 0.808. The van der Waals surface area contributed by atoms with Gasteiger partial charge in [-0.15, -0.1) is 0 Å². The third-order valence-corrected chi connectivity index (χ3v) is 3.19. The van der Waals surface area contributed by atoms with Gasteiger partial charge in [0.25, 0.3) is 0 Å². The van der Waals surface area contributed by atoms with E-state index >= 15 is 0 Å². The first-order chi connectivity index (χ1) is 10.6. The predicted molar refractivity (Wildman–Crippen MR) is 77.8 cm³/mol. The van der Waals surface area contributed by atoms with E-state index in [9.17, 15) is 14.0 Å². The molecule has 0 saturated heterocycles. The molecule has 2 rings (SSSR count). The molecule has 0 aliphatic rings. The molecule has 3 nitrogen and oxygen atoms in total. The molecule has 0 spiro atoms. The van der Waals surface area contributed by atoms with Gasteiger partial charge >= 0.3 is 0 Å². The van der Waals surface area contributed by atoms with Crippen LogP contribution in [0.4, 0.5) is 8.78 Å². The predicted octanol–water partition coefficient (Wildman–Crippen LogP) is 4.05. The highest BCUT2D eigenvalue weighted by Crippen LogP contribution is 2.29. The van der Waals surface area contributed by atoms with Gasteiger partial charge in [-0.25, -0.2) is 8.78 Å². The Morgan fingerprint density at radius 2 is 1.91 bits per heavy atom. The van der Waals surface area contributed by atoms with Crippen LogP contribution in [0.1, 0.15) is 17.9 Å².